The smallest absolute Gasteiger partial charge is 0.147 e. The Hall–Kier alpha value is -2.76. The van der Waals surface area contributed by atoms with E-state index in [2.05, 4.69) is 56.4 Å². The highest BCUT2D eigenvalue weighted by molar-refractivity contribution is 5.98. The lowest BCUT2D eigenvalue weighted by molar-refractivity contribution is 0.634. The van der Waals surface area contributed by atoms with Gasteiger partial charge >= 0.3 is 0 Å². The van der Waals surface area contributed by atoms with E-state index in [1.807, 2.05) is 12.4 Å². The van der Waals surface area contributed by atoms with Crippen LogP contribution in [0.5, 0.6) is 0 Å². The molecule has 4 rings (SSSR count). The van der Waals surface area contributed by atoms with Gasteiger partial charge in [-0.3, -0.25) is 0 Å². The average Bonchev–Trinajstić information content (AvgIpc) is 3.11. The number of nitrogens with one attached hydrogen (secondary N) is 2. The number of aromatic nitrogens is 3. The van der Waals surface area contributed by atoms with E-state index < -0.39 is 0 Å². The summed E-state index contributed by atoms with van der Waals surface area (Å²) >= 11 is 0. The summed E-state index contributed by atoms with van der Waals surface area (Å²) < 4.78 is 2.08. The van der Waals surface area contributed by atoms with Gasteiger partial charge in [0, 0.05) is 30.6 Å². The van der Waals surface area contributed by atoms with Crippen molar-refractivity contribution in [2.24, 2.45) is 5.92 Å². The molecule has 0 bridgehead atoms. The summed E-state index contributed by atoms with van der Waals surface area (Å²) in [5.74, 6) is 0.817. The monoisotopic (exact) mass is 294 g/mol. The summed E-state index contributed by atoms with van der Waals surface area (Å²) in [4.78, 5) is 8.49. The molecule has 2 unspecified atom stereocenters. The lowest BCUT2D eigenvalue weighted by Crippen LogP contribution is -2.26. The van der Waals surface area contributed by atoms with Gasteiger partial charge in [0.15, 0.2) is 0 Å². The molecule has 2 aromatic heterocycles. The molecule has 6 heteroatoms. The highest BCUT2D eigenvalue weighted by Gasteiger charge is 2.27. The Kier molecular flexibility index (Phi) is 2.89. The predicted molar refractivity (Wildman–Crippen MR) is 88.0 cm³/mol. The molecule has 1 aliphatic carbocycles. The molecular weight excluding hydrogens is 276 g/mol. The van der Waals surface area contributed by atoms with E-state index in [4.69, 9.17) is 5.73 Å². The number of anilines is 2. The van der Waals surface area contributed by atoms with Crippen LogP contribution >= 0.6 is 0 Å². The third-order valence-corrected chi connectivity index (χ3v) is 4.23. The molecule has 0 amide bonds. The first-order chi connectivity index (χ1) is 10.8. The molecule has 112 valence electrons. The topological polar surface area (TPSA) is 80.8 Å². The number of allylic oxidation sites excluding steroid dienone is 2. The van der Waals surface area contributed by atoms with Gasteiger partial charge in [-0.05, 0) is 6.92 Å². The molecule has 0 fully saturated rings. The molecule has 0 aromatic carbocycles. The zero-order valence-electron chi connectivity index (χ0n) is 12.3. The Balaban J connectivity index is 1.73. The second kappa shape index (κ2) is 4.91. The first kappa shape index (κ1) is 12.9. The van der Waals surface area contributed by atoms with Crippen molar-refractivity contribution in [3.8, 4) is 0 Å². The molecule has 0 spiro atoms. The molecule has 2 aromatic rings. The van der Waals surface area contributed by atoms with Crippen LogP contribution in [-0.2, 0) is 6.54 Å². The van der Waals surface area contributed by atoms with Crippen molar-refractivity contribution >= 4 is 22.5 Å². The Bertz CT molecular complexity index is 813. The van der Waals surface area contributed by atoms with Crippen molar-refractivity contribution in [1.29, 1.82) is 0 Å². The van der Waals surface area contributed by atoms with E-state index in [1.165, 1.54) is 6.33 Å². The van der Waals surface area contributed by atoms with E-state index in [-0.39, 0.29) is 0 Å². The van der Waals surface area contributed by atoms with Crippen molar-refractivity contribution in [2.45, 2.75) is 19.5 Å². The fraction of sp³-hybridized carbons (Fsp3) is 0.250. The SMILES string of the molecule is CCn1cc(NC2=CNC3C=CC=CC23)c2c(N)ncnc21. The summed E-state index contributed by atoms with van der Waals surface area (Å²) in [5.41, 5.74) is 9.01. The molecule has 6 nitrogen and oxygen atoms in total. The molecule has 3 heterocycles. The number of aryl methyl sites for hydroxylation is 1. The van der Waals surface area contributed by atoms with Crippen molar-refractivity contribution < 1.29 is 0 Å². The lowest BCUT2D eigenvalue weighted by Gasteiger charge is -2.19. The molecule has 2 atom stereocenters. The molecular formula is C16H18N6. The van der Waals surface area contributed by atoms with Crippen molar-refractivity contribution in [1.82, 2.24) is 19.9 Å². The number of nitrogens with zero attached hydrogens (tertiary/aromatic N) is 3. The lowest BCUT2D eigenvalue weighted by atomic mass is 9.95. The zero-order chi connectivity index (χ0) is 15.1. The van der Waals surface area contributed by atoms with Crippen LogP contribution in [0.15, 0.2) is 48.7 Å². The van der Waals surface area contributed by atoms with E-state index in [0.29, 0.717) is 17.8 Å². The Morgan fingerprint density at radius 3 is 3.05 bits per heavy atom. The maximum absolute atomic E-state index is 6.07. The molecule has 0 saturated carbocycles. The summed E-state index contributed by atoms with van der Waals surface area (Å²) in [7, 11) is 0. The molecule has 22 heavy (non-hydrogen) atoms. The minimum Gasteiger partial charge on any atom is -0.383 e. The van der Waals surface area contributed by atoms with Crippen molar-refractivity contribution in [2.75, 3.05) is 11.1 Å². The first-order valence-corrected chi connectivity index (χ1v) is 7.45. The Morgan fingerprint density at radius 2 is 2.18 bits per heavy atom. The minimum absolute atomic E-state index is 0.316. The Morgan fingerprint density at radius 1 is 1.32 bits per heavy atom. The number of hydrogen-bond acceptors (Lipinski definition) is 5. The van der Waals surface area contributed by atoms with Crippen LogP contribution in [0, 0.1) is 5.92 Å². The van der Waals surface area contributed by atoms with Crippen LogP contribution in [0.3, 0.4) is 0 Å². The molecule has 4 N–H and O–H groups in total. The number of rotatable bonds is 3. The van der Waals surface area contributed by atoms with Gasteiger partial charge < -0.3 is 20.9 Å². The maximum atomic E-state index is 6.07. The van der Waals surface area contributed by atoms with Gasteiger partial charge in [0.1, 0.15) is 17.8 Å². The van der Waals surface area contributed by atoms with Crippen LogP contribution in [0.2, 0.25) is 0 Å². The van der Waals surface area contributed by atoms with Crippen LogP contribution in [0.1, 0.15) is 6.92 Å². The van der Waals surface area contributed by atoms with E-state index >= 15 is 0 Å². The third-order valence-electron chi connectivity index (χ3n) is 4.23. The van der Waals surface area contributed by atoms with E-state index in [1.54, 1.807) is 0 Å². The normalized spacial score (nSPS) is 22.5. The quantitative estimate of drug-likeness (QED) is 0.806. The predicted octanol–water partition coefficient (Wildman–Crippen LogP) is 2.00. The van der Waals surface area contributed by atoms with Gasteiger partial charge in [0.2, 0.25) is 0 Å². The third kappa shape index (κ3) is 1.88. The van der Waals surface area contributed by atoms with Crippen LogP contribution in [0.25, 0.3) is 11.0 Å². The number of hydrogen-bond donors (Lipinski definition) is 3. The fourth-order valence-corrected chi connectivity index (χ4v) is 3.10. The highest BCUT2D eigenvalue weighted by Crippen LogP contribution is 2.33. The van der Waals surface area contributed by atoms with Gasteiger partial charge in [-0.2, -0.15) is 0 Å². The van der Waals surface area contributed by atoms with Gasteiger partial charge in [-0.15, -0.1) is 0 Å². The number of fused-ring (bicyclic) bond motifs is 2. The van der Waals surface area contributed by atoms with Gasteiger partial charge in [-0.25, -0.2) is 9.97 Å². The summed E-state index contributed by atoms with van der Waals surface area (Å²) in [6, 6.07) is 0.320. The van der Waals surface area contributed by atoms with Gasteiger partial charge in [0.05, 0.1) is 17.1 Å². The molecule has 0 radical (unpaired) electrons. The first-order valence-electron chi connectivity index (χ1n) is 7.45. The maximum Gasteiger partial charge on any atom is 0.147 e. The largest absolute Gasteiger partial charge is 0.383 e. The van der Waals surface area contributed by atoms with Gasteiger partial charge in [0.25, 0.3) is 0 Å². The average molecular weight is 294 g/mol. The van der Waals surface area contributed by atoms with Crippen LogP contribution < -0.4 is 16.4 Å². The van der Waals surface area contributed by atoms with Crippen molar-refractivity contribution in [3.63, 3.8) is 0 Å². The van der Waals surface area contributed by atoms with Crippen LogP contribution in [-0.4, -0.2) is 20.6 Å². The van der Waals surface area contributed by atoms with Crippen LogP contribution in [0.4, 0.5) is 11.5 Å². The number of nitrogens with two attached hydrogens (primary N) is 1. The minimum atomic E-state index is 0.316. The molecule has 2 aliphatic rings. The molecule has 1 aliphatic heterocycles. The van der Waals surface area contributed by atoms with Crippen molar-refractivity contribution in [3.05, 3.63) is 48.7 Å². The Labute approximate surface area is 128 Å². The number of nitrogen functional groups attached to an aromatic ring is 1. The fourth-order valence-electron chi connectivity index (χ4n) is 3.10. The summed E-state index contributed by atoms with van der Waals surface area (Å²) in [5, 5.41) is 7.77. The van der Waals surface area contributed by atoms with Gasteiger partial charge in [-0.1, -0.05) is 24.3 Å². The summed E-state index contributed by atoms with van der Waals surface area (Å²) in [6.07, 6.45) is 14.1. The highest BCUT2D eigenvalue weighted by atomic mass is 15.1. The second-order valence-electron chi connectivity index (χ2n) is 5.50. The standard InChI is InChI=1S/C16H18N6/c1-2-22-8-13(14-15(17)19-9-20-16(14)22)21-12-7-18-11-6-4-3-5-10(11)12/h3-11,18,21H,2H2,1H3,(H2,17,19,20). The van der Waals surface area contributed by atoms with E-state index in [0.717, 1.165) is 29.0 Å². The zero-order valence-corrected chi connectivity index (χ0v) is 12.3. The summed E-state index contributed by atoms with van der Waals surface area (Å²) in [6.45, 7) is 2.92. The van der Waals surface area contributed by atoms with E-state index in [9.17, 15) is 0 Å². The molecule has 0 saturated heterocycles. The second-order valence-corrected chi connectivity index (χ2v) is 5.50.